The number of imidazole rings is 3. The molecule has 8 nitrogen and oxygen atoms in total. The molecule has 9 heteroatoms. The van der Waals surface area contributed by atoms with E-state index in [4.69, 9.17) is 15.0 Å². The van der Waals surface area contributed by atoms with Gasteiger partial charge in [0.1, 0.15) is 5.75 Å². The van der Waals surface area contributed by atoms with E-state index >= 15 is 0 Å². The summed E-state index contributed by atoms with van der Waals surface area (Å²) >= 11 is 0. The number of hydrogen-bond acceptors (Lipinski definition) is 4. The van der Waals surface area contributed by atoms with Crippen molar-refractivity contribution in [1.82, 2.24) is 33.1 Å². The van der Waals surface area contributed by atoms with Crippen LogP contribution in [0, 0.1) is 6.07 Å². The fourth-order valence-electron chi connectivity index (χ4n) is 9.40. The summed E-state index contributed by atoms with van der Waals surface area (Å²) in [5.74, 6) is 1.68. The number of aromatic nitrogens is 7. The second-order valence-electron chi connectivity index (χ2n) is 20.4. The molecule has 5 aromatic heterocycles. The number of benzene rings is 6. The van der Waals surface area contributed by atoms with Crippen molar-refractivity contribution >= 4 is 49.8 Å². The summed E-state index contributed by atoms with van der Waals surface area (Å²) in [5, 5.41) is 14.5. The van der Waals surface area contributed by atoms with Crippen LogP contribution in [0.1, 0.15) is 79.0 Å². The molecular weight excluding hydrogens is 994 g/mol. The van der Waals surface area contributed by atoms with Crippen molar-refractivity contribution in [3.8, 4) is 45.5 Å². The third kappa shape index (κ3) is 6.88. The van der Waals surface area contributed by atoms with E-state index in [-0.39, 0.29) is 43.1 Å². The SMILES string of the molecule is CC(C)(C)c1ccc(-n2cc(-c3cc(C(C)(C)C)cc(C(C)(C)C)c3O)nc2-n2c3[c-]c(-n4c5ncccc5n5c6ccccc6nc45)ccc3c3ccccc32)c(-c2ccccc2)c1.[Pt]. The summed E-state index contributed by atoms with van der Waals surface area (Å²) in [6.07, 6.45) is 3.94. The number of fused-ring (bicyclic) bond motifs is 8. The van der Waals surface area contributed by atoms with Crippen molar-refractivity contribution in [1.29, 1.82) is 0 Å². The smallest absolute Gasteiger partial charge is 0.220 e. The molecule has 0 unspecified atom stereocenters. The average molecular weight is 1050 g/mol. The van der Waals surface area contributed by atoms with Gasteiger partial charge in [-0.2, -0.15) is 6.07 Å². The topological polar surface area (TPSA) is 78.1 Å². The molecule has 0 saturated carbocycles. The van der Waals surface area contributed by atoms with Crippen molar-refractivity contribution in [2.75, 3.05) is 0 Å². The van der Waals surface area contributed by atoms with E-state index in [1.165, 1.54) is 5.56 Å². The van der Waals surface area contributed by atoms with Crippen LogP contribution < -0.4 is 0 Å². The molecule has 11 aromatic rings. The number of rotatable bonds is 5. The van der Waals surface area contributed by atoms with E-state index in [1.807, 2.05) is 30.5 Å². The third-order valence-electron chi connectivity index (χ3n) is 12.9. The minimum Gasteiger partial charge on any atom is -0.507 e. The number of phenolic OH excluding ortho intramolecular Hbond substituents is 1. The molecule has 0 bridgehead atoms. The molecule has 0 aliphatic heterocycles. The van der Waals surface area contributed by atoms with E-state index in [1.54, 1.807) is 0 Å². The molecule has 5 heterocycles. The molecule has 332 valence electrons. The molecule has 66 heavy (non-hydrogen) atoms. The summed E-state index contributed by atoms with van der Waals surface area (Å²) < 4.78 is 8.73. The van der Waals surface area contributed by atoms with Gasteiger partial charge in [0.15, 0.2) is 5.65 Å². The van der Waals surface area contributed by atoms with Crippen molar-refractivity contribution in [2.24, 2.45) is 0 Å². The van der Waals surface area contributed by atoms with E-state index in [0.29, 0.717) is 17.2 Å². The van der Waals surface area contributed by atoms with Gasteiger partial charge in [-0.15, -0.1) is 17.5 Å². The standard InChI is InChI=1S/C57H52N7O.Pt/c1-55(2,3)36-25-28-46(41(30-36)35-18-11-10-12-19-35)61-34-45(42-31-37(56(4,5)6)32-43(51(42)65)57(7,8)9)60-53(61)63-47-22-15-13-20-39(47)40-27-26-38(33-50(40)63)62-52-49(24-17-29-58-52)64-48-23-16-14-21-44(48)59-54(62)64;/h10-32,34,65H,1-9H3;/q-1;. The summed E-state index contributed by atoms with van der Waals surface area (Å²) in [4.78, 5) is 15.7. The van der Waals surface area contributed by atoms with E-state index < -0.39 is 0 Å². The van der Waals surface area contributed by atoms with Gasteiger partial charge in [0.25, 0.3) is 0 Å². The number of pyridine rings is 1. The van der Waals surface area contributed by atoms with Gasteiger partial charge in [-0.05, 0) is 86.9 Å². The van der Waals surface area contributed by atoms with Crippen molar-refractivity contribution in [3.05, 3.63) is 169 Å². The second kappa shape index (κ2) is 15.4. The first-order valence-electron chi connectivity index (χ1n) is 22.4. The van der Waals surface area contributed by atoms with Gasteiger partial charge in [0.2, 0.25) is 11.7 Å². The molecule has 0 saturated heterocycles. The number of aromatic hydroxyl groups is 1. The van der Waals surface area contributed by atoms with Gasteiger partial charge in [-0.25, -0.2) is 15.0 Å². The summed E-state index contributed by atoms with van der Waals surface area (Å²) in [7, 11) is 0. The van der Waals surface area contributed by atoms with E-state index in [9.17, 15) is 5.11 Å². The molecule has 0 radical (unpaired) electrons. The Labute approximate surface area is 399 Å². The Morgan fingerprint density at radius 3 is 2.00 bits per heavy atom. The fourth-order valence-corrected chi connectivity index (χ4v) is 9.40. The van der Waals surface area contributed by atoms with Crippen LogP contribution in [0.25, 0.3) is 89.5 Å². The summed E-state index contributed by atoms with van der Waals surface area (Å²) in [6, 6.07) is 50.7. The van der Waals surface area contributed by atoms with Crippen molar-refractivity contribution < 1.29 is 26.2 Å². The van der Waals surface area contributed by atoms with Crippen LogP contribution in [0.15, 0.2) is 146 Å². The molecule has 0 spiro atoms. The Hall–Kier alpha value is -6.76. The molecule has 0 aliphatic rings. The van der Waals surface area contributed by atoms with Crippen molar-refractivity contribution in [3.63, 3.8) is 0 Å². The van der Waals surface area contributed by atoms with Crippen LogP contribution in [0.4, 0.5) is 0 Å². The monoisotopic (exact) mass is 1050 g/mol. The van der Waals surface area contributed by atoms with Gasteiger partial charge in [0, 0.05) is 55.7 Å². The Balaban J connectivity index is 0.00000511. The molecule has 1 N–H and O–H groups in total. The van der Waals surface area contributed by atoms with Crippen LogP contribution >= 0.6 is 0 Å². The molecule has 11 rings (SSSR count). The molecule has 6 aromatic carbocycles. The Bertz CT molecular complexity index is 3680. The quantitative estimate of drug-likeness (QED) is 0.174. The van der Waals surface area contributed by atoms with Crippen LogP contribution in [0.5, 0.6) is 5.75 Å². The Morgan fingerprint density at radius 1 is 0.576 bits per heavy atom. The maximum atomic E-state index is 12.4. The van der Waals surface area contributed by atoms with E-state index in [0.717, 1.165) is 83.4 Å². The van der Waals surface area contributed by atoms with Crippen LogP contribution in [-0.2, 0) is 37.3 Å². The minimum atomic E-state index is -0.323. The van der Waals surface area contributed by atoms with Gasteiger partial charge in [-0.1, -0.05) is 146 Å². The fraction of sp³-hybridized carbons (Fsp3) is 0.211. The molecular formula is C57H52N7OPt-. The first kappa shape index (κ1) is 43.1. The Kier molecular flexibility index (Phi) is 10.1. The molecule has 0 amide bonds. The second-order valence-corrected chi connectivity index (χ2v) is 20.4. The number of para-hydroxylation sites is 3. The molecule has 0 aliphatic carbocycles. The first-order chi connectivity index (χ1) is 31.1. The first-order valence-corrected chi connectivity index (χ1v) is 22.4. The zero-order valence-electron chi connectivity index (χ0n) is 38.8. The van der Waals surface area contributed by atoms with E-state index in [2.05, 4.69) is 202 Å². The maximum Gasteiger partial charge on any atom is 0.220 e. The minimum absolute atomic E-state index is 0. The summed E-state index contributed by atoms with van der Waals surface area (Å²) in [6.45, 7) is 19.9. The average Bonchev–Trinajstić information content (AvgIpc) is 4.04. The summed E-state index contributed by atoms with van der Waals surface area (Å²) in [5.41, 5.74) is 13.5. The van der Waals surface area contributed by atoms with Crippen LogP contribution in [-0.4, -0.2) is 38.2 Å². The molecule has 0 fully saturated rings. The zero-order valence-corrected chi connectivity index (χ0v) is 41.0. The third-order valence-corrected chi connectivity index (χ3v) is 12.9. The molecule has 0 atom stereocenters. The van der Waals surface area contributed by atoms with Gasteiger partial charge < -0.3 is 9.67 Å². The van der Waals surface area contributed by atoms with Crippen LogP contribution in [0.3, 0.4) is 0 Å². The number of hydrogen-bond donors (Lipinski definition) is 1. The maximum absolute atomic E-state index is 12.4. The van der Waals surface area contributed by atoms with Gasteiger partial charge in [-0.3, -0.25) is 13.5 Å². The zero-order chi connectivity index (χ0) is 45.2. The predicted octanol–water partition coefficient (Wildman–Crippen LogP) is 13.8. The van der Waals surface area contributed by atoms with Gasteiger partial charge >= 0.3 is 0 Å². The number of nitrogens with zero attached hydrogens (tertiary/aromatic N) is 7. The normalized spacial score (nSPS) is 12.6. The predicted molar refractivity (Wildman–Crippen MR) is 266 cm³/mol. The largest absolute Gasteiger partial charge is 0.507 e. The van der Waals surface area contributed by atoms with Crippen LogP contribution in [0.2, 0.25) is 0 Å². The Morgan fingerprint density at radius 2 is 1.26 bits per heavy atom. The number of phenols is 1. The van der Waals surface area contributed by atoms with Gasteiger partial charge in [0.05, 0.1) is 27.9 Å². The van der Waals surface area contributed by atoms with Crippen molar-refractivity contribution in [2.45, 2.75) is 78.6 Å².